The van der Waals surface area contributed by atoms with Crippen LogP contribution in [0.2, 0.25) is 0 Å². The molecule has 1 aromatic rings. The van der Waals surface area contributed by atoms with Gasteiger partial charge in [0.15, 0.2) is 0 Å². The average molecular weight is 234 g/mol. The van der Waals surface area contributed by atoms with Gasteiger partial charge in [-0.2, -0.15) is 0 Å². The summed E-state index contributed by atoms with van der Waals surface area (Å²) in [4.78, 5) is 12.2. The molecule has 0 aliphatic heterocycles. The first kappa shape index (κ1) is 13.7. The van der Waals surface area contributed by atoms with Crippen molar-refractivity contribution in [2.45, 2.75) is 39.5 Å². The third kappa shape index (κ3) is 3.86. The fourth-order valence-electron chi connectivity index (χ4n) is 2.00. The van der Waals surface area contributed by atoms with Crippen LogP contribution < -0.4 is 10.9 Å². The molecule has 2 N–H and O–H groups in total. The molecule has 3 heteroatoms. The van der Waals surface area contributed by atoms with Crippen molar-refractivity contribution in [2.24, 2.45) is 11.8 Å². The van der Waals surface area contributed by atoms with Gasteiger partial charge in [-0.1, -0.05) is 44.9 Å². The number of benzene rings is 1. The zero-order valence-corrected chi connectivity index (χ0v) is 10.7. The highest BCUT2D eigenvalue weighted by Crippen LogP contribution is 2.19. The smallest absolute Gasteiger partial charge is 0.244 e. The second-order valence-corrected chi connectivity index (χ2v) is 4.32. The van der Waals surface area contributed by atoms with Crippen LogP contribution in [0.5, 0.6) is 0 Å². The van der Waals surface area contributed by atoms with E-state index < -0.39 is 0 Å². The first-order chi connectivity index (χ1) is 8.20. The molecule has 0 aromatic heterocycles. The van der Waals surface area contributed by atoms with Crippen LogP contribution in [0.1, 0.15) is 39.5 Å². The lowest BCUT2D eigenvalue weighted by Crippen LogP contribution is -2.41. The summed E-state index contributed by atoms with van der Waals surface area (Å²) in [5.41, 5.74) is 0.759. The second-order valence-electron chi connectivity index (χ2n) is 4.32. The quantitative estimate of drug-likeness (QED) is 0.467. The van der Waals surface area contributed by atoms with E-state index in [0.717, 1.165) is 31.4 Å². The number of para-hydroxylation sites is 1. The van der Waals surface area contributed by atoms with Gasteiger partial charge in [0.05, 0.1) is 5.69 Å². The highest BCUT2D eigenvalue weighted by molar-refractivity contribution is 5.93. The van der Waals surface area contributed by atoms with Crippen LogP contribution in [0.4, 0.5) is 5.69 Å². The topological polar surface area (TPSA) is 46.3 Å². The fraction of sp³-hybridized carbons (Fsp3) is 0.500. The van der Waals surface area contributed by atoms with E-state index in [4.69, 9.17) is 5.84 Å². The third-order valence-corrected chi connectivity index (χ3v) is 2.90. The Morgan fingerprint density at radius 1 is 1.18 bits per heavy atom. The molecule has 0 bridgehead atoms. The van der Waals surface area contributed by atoms with Crippen molar-refractivity contribution in [1.29, 1.82) is 0 Å². The molecule has 1 rings (SSSR count). The Hall–Kier alpha value is -1.35. The number of anilines is 1. The van der Waals surface area contributed by atoms with Gasteiger partial charge >= 0.3 is 0 Å². The van der Waals surface area contributed by atoms with Gasteiger partial charge in [0.1, 0.15) is 0 Å². The summed E-state index contributed by atoms with van der Waals surface area (Å²) in [5.74, 6) is 5.96. The summed E-state index contributed by atoms with van der Waals surface area (Å²) in [5, 5.41) is 1.29. The molecule has 0 saturated heterocycles. The van der Waals surface area contributed by atoms with E-state index >= 15 is 0 Å². The highest BCUT2D eigenvalue weighted by Gasteiger charge is 2.21. The van der Waals surface area contributed by atoms with E-state index in [1.807, 2.05) is 30.3 Å². The van der Waals surface area contributed by atoms with Gasteiger partial charge in [0, 0.05) is 5.92 Å². The van der Waals surface area contributed by atoms with Gasteiger partial charge in [0.2, 0.25) is 5.91 Å². The molecule has 0 spiro atoms. The van der Waals surface area contributed by atoms with Crippen molar-refractivity contribution in [1.82, 2.24) is 0 Å². The molecular formula is C14H22N2O. The Morgan fingerprint density at radius 3 is 2.18 bits per heavy atom. The van der Waals surface area contributed by atoms with Crippen LogP contribution in [0, 0.1) is 5.92 Å². The molecule has 0 saturated carbocycles. The maximum atomic E-state index is 12.2. The van der Waals surface area contributed by atoms with Crippen molar-refractivity contribution in [3.8, 4) is 0 Å². The summed E-state index contributed by atoms with van der Waals surface area (Å²) >= 11 is 0. The fourth-order valence-corrected chi connectivity index (χ4v) is 2.00. The SMILES string of the molecule is CCCC(CCC)C(=O)N(N)c1ccccc1. The third-order valence-electron chi connectivity index (χ3n) is 2.90. The van der Waals surface area contributed by atoms with Crippen LogP contribution in [-0.4, -0.2) is 5.91 Å². The summed E-state index contributed by atoms with van der Waals surface area (Å²) in [6.07, 6.45) is 3.85. The van der Waals surface area contributed by atoms with E-state index in [0.29, 0.717) is 0 Å². The van der Waals surface area contributed by atoms with Gasteiger partial charge in [-0.05, 0) is 25.0 Å². The van der Waals surface area contributed by atoms with Crippen LogP contribution in [0.25, 0.3) is 0 Å². The Balaban J connectivity index is 2.73. The number of nitrogens with two attached hydrogens (primary N) is 1. The van der Waals surface area contributed by atoms with Crippen molar-refractivity contribution < 1.29 is 4.79 Å². The number of carbonyl (C=O) groups excluding carboxylic acids is 1. The molecule has 0 fully saturated rings. The molecule has 0 aliphatic rings. The molecule has 0 aliphatic carbocycles. The second kappa shape index (κ2) is 7.07. The van der Waals surface area contributed by atoms with E-state index in [1.165, 1.54) is 5.01 Å². The molecule has 0 unspecified atom stereocenters. The monoisotopic (exact) mass is 234 g/mol. The zero-order valence-electron chi connectivity index (χ0n) is 10.7. The molecule has 0 atom stereocenters. The Morgan fingerprint density at radius 2 is 1.71 bits per heavy atom. The number of amides is 1. The average Bonchev–Trinajstić information content (AvgIpc) is 2.38. The molecule has 1 amide bonds. The first-order valence-corrected chi connectivity index (χ1v) is 6.34. The van der Waals surface area contributed by atoms with E-state index in [-0.39, 0.29) is 11.8 Å². The number of hydrogen-bond acceptors (Lipinski definition) is 2. The summed E-state index contributed by atoms with van der Waals surface area (Å²) < 4.78 is 0. The predicted octanol–water partition coefficient (Wildman–Crippen LogP) is 3.11. The Labute approximate surface area is 104 Å². The zero-order chi connectivity index (χ0) is 12.7. The van der Waals surface area contributed by atoms with Crippen LogP contribution in [-0.2, 0) is 4.79 Å². The lowest BCUT2D eigenvalue weighted by atomic mass is 9.97. The number of carbonyl (C=O) groups is 1. The largest absolute Gasteiger partial charge is 0.273 e. The van der Waals surface area contributed by atoms with E-state index in [9.17, 15) is 4.79 Å². The highest BCUT2D eigenvalue weighted by atomic mass is 16.2. The van der Waals surface area contributed by atoms with Gasteiger partial charge in [-0.3, -0.25) is 4.79 Å². The molecular weight excluding hydrogens is 212 g/mol. The van der Waals surface area contributed by atoms with E-state index in [2.05, 4.69) is 13.8 Å². The summed E-state index contributed by atoms with van der Waals surface area (Å²) in [7, 11) is 0. The molecule has 3 nitrogen and oxygen atoms in total. The van der Waals surface area contributed by atoms with Gasteiger partial charge in [-0.25, -0.2) is 10.9 Å². The normalized spacial score (nSPS) is 10.6. The Bertz CT molecular complexity index is 331. The minimum absolute atomic E-state index is 0.0277. The molecule has 1 aromatic carbocycles. The lowest BCUT2D eigenvalue weighted by Gasteiger charge is -2.22. The summed E-state index contributed by atoms with van der Waals surface area (Å²) in [6.45, 7) is 4.19. The first-order valence-electron chi connectivity index (χ1n) is 6.34. The number of rotatable bonds is 6. The molecule has 0 heterocycles. The van der Waals surface area contributed by atoms with Crippen molar-refractivity contribution in [3.05, 3.63) is 30.3 Å². The predicted molar refractivity (Wildman–Crippen MR) is 71.4 cm³/mol. The number of hydrazine groups is 1. The molecule has 0 radical (unpaired) electrons. The van der Waals surface area contributed by atoms with Crippen molar-refractivity contribution >= 4 is 11.6 Å². The number of hydrogen-bond donors (Lipinski definition) is 1. The standard InChI is InChI=1S/C14H22N2O/c1-3-8-12(9-4-2)14(17)16(15)13-10-6-5-7-11-13/h5-7,10-12H,3-4,8-9,15H2,1-2H3. The minimum Gasteiger partial charge on any atom is -0.273 e. The Kier molecular flexibility index (Phi) is 5.70. The van der Waals surface area contributed by atoms with Gasteiger partial charge in [0.25, 0.3) is 0 Å². The van der Waals surface area contributed by atoms with E-state index in [1.54, 1.807) is 0 Å². The lowest BCUT2D eigenvalue weighted by molar-refractivity contribution is -0.122. The van der Waals surface area contributed by atoms with Crippen molar-refractivity contribution in [2.75, 3.05) is 5.01 Å². The minimum atomic E-state index is 0.0277. The molecule has 94 valence electrons. The summed E-state index contributed by atoms with van der Waals surface area (Å²) in [6, 6.07) is 9.39. The number of nitrogens with zero attached hydrogens (tertiary/aromatic N) is 1. The van der Waals surface area contributed by atoms with Crippen LogP contribution in [0.3, 0.4) is 0 Å². The maximum Gasteiger partial charge on any atom is 0.244 e. The van der Waals surface area contributed by atoms with Gasteiger partial charge in [-0.15, -0.1) is 0 Å². The van der Waals surface area contributed by atoms with Crippen molar-refractivity contribution in [3.63, 3.8) is 0 Å². The maximum absolute atomic E-state index is 12.2. The van der Waals surface area contributed by atoms with Crippen LogP contribution >= 0.6 is 0 Å². The van der Waals surface area contributed by atoms with Gasteiger partial charge < -0.3 is 0 Å². The molecule has 17 heavy (non-hydrogen) atoms. The van der Waals surface area contributed by atoms with Crippen LogP contribution in [0.15, 0.2) is 30.3 Å².